The Bertz CT molecular complexity index is 1330. The fourth-order valence-corrected chi connectivity index (χ4v) is 5.09. The maximum atomic E-state index is 14.4. The maximum absolute atomic E-state index is 14.4. The highest BCUT2D eigenvalue weighted by molar-refractivity contribution is 7.92. The van der Waals surface area contributed by atoms with Crippen molar-refractivity contribution < 1.29 is 22.4 Å². The number of benzene rings is 3. The summed E-state index contributed by atoms with van der Waals surface area (Å²) in [6.07, 6.45) is 0. The minimum absolute atomic E-state index is 0.0291. The van der Waals surface area contributed by atoms with E-state index in [9.17, 15) is 22.4 Å². The van der Waals surface area contributed by atoms with Gasteiger partial charge in [-0.2, -0.15) is 0 Å². The van der Waals surface area contributed by atoms with Gasteiger partial charge in [0, 0.05) is 19.2 Å². The van der Waals surface area contributed by atoms with E-state index in [4.69, 9.17) is 0 Å². The molecule has 7 nitrogen and oxygen atoms in total. The monoisotopic (exact) mass is 511 g/mol. The van der Waals surface area contributed by atoms with Crippen molar-refractivity contribution in [1.29, 1.82) is 0 Å². The van der Waals surface area contributed by atoms with Crippen molar-refractivity contribution in [1.82, 2.24) is 10.2 Å². The van der Waals surface area contributed by atoms with Crippen molar-refractivity contribution in [2.24, 2.45) is 0 Å². The normalized spacial score (nSPS) is 12.0. The van der Waals surface area contributed by atoms with Gasteiger partial charge in [0.25, 0.3) is 10.0 Å². The number of aryl methyl sites for hydroxylation is 2. The Hall–Kier alpha value is -3.72. The van der Waals surface area contributed by atoms with Crippen molar-refractivity contribution in [2.75, 3.05) is 17.9 Å². The van der Waals surface area contributed by atoms with Gasteiger partial charge in [0.2, 0.25) is 11.8 Å². The van der Waals surface area contributed by atoms with E-state index in [2.05, 4.69) is 5.32 Å². The molecular formula is C27H30FN3O4S. The van der Waals surface area contributed by atoms with Crippen LogP contribution in [0.3, 0.4) is 0 Å². The molecule has 0 unspecified atom stereocenters. The van der Waals surface area contributed by atoms with Crippen LogP contribution in [0.25, 0.3) is 0 Å². The third-order valence-electron chi connectivity index (χ3n) is 5.92. The van der Waals surface area contributed by atoms with E-state index in [1.165, 1.54) is 49.2 Å². The van der Waals surface area contributed by atoms with Crippen molar-refractivity contribution in [3.8, 4) is 0 Å². The highest BCUT2D eigenvalue weighted by Gasteiger charge is 2.32. The van der Waals surface area contributed by atoms with Crippen LogP contribution in [0.15, 0.2) is 77.7 Å². The van der Waals surface area contributed by atoms with Gasteiger partial charge in [-0.25, -0.2) is 12.8 Å². The predicted molar refractivity (Wildman–Crippen MR) is 137 cm³/mol. The predicted octanol–water partition coefficient (Wildman–Crippen LogP) is 3.80. The molecular weight excluding hydrogens is 481 g/mol. The van der Waals surface area contributed by atoms with E-state index in [0.29, 0.717) is 5.69 Å². The number of likely N-dealkylation sites (N-methyl/N-ethyl adjacent to an activating group) is 1. The molecule has 9 heteroatoms. The van der Waals surface area contributed by atoms with Crippen molar-refractivity contribution in [2.45, 2.75) is 38.3 Å². The maximum Gasteiger partial charge on any atom is 0.264 e. The van der Waals surface area contributed by atoms with Gasteiger partial charge in [-0.1, -0.05) is 53.6 Å². The van der Waals surface area contributed by atoms with Gasteiger partial charge in [-0.05, 0) is 51.1 Å². The van der Waals surface area contributed by atoms with Crippen LogP contribution in [-0.4, -0.2) is 44.8 Å². The van der Waals surface area contributed by atoms with Crippen molar-refractivity contribution in [3.63, 3.8) is 0 Å². The number of hydrogen-bond donors (Lipinski definition) is 1. The number of hydrogen-bond acceptors (Lipinski definition) is 4. The summed E-state index contributed by atoms with van der Waals surface area (Å²) < 4.78 is 42.8. The number of carbonyl (C=O) groups excluding carboxylic acids is 2. The first kappa shape index (κ1) is 26.9. The molecule has 0 saturated heterocycles. The second-order valence-corrected chi connectivity index (χ2v) is 10.4. The molecule has 0 spiro atoms. The van der Waals surface area contributed by atoms with Crippen LogP contribution in [-0.2, 0) is 26.2 Å². The van der Waals surface area contributed by atoms with Gasteiger partial charge >= 0.3 is 0 Å². The van der Waals surface area contributed by atoms with E-state index in [0.717, 1.165) is 15.4 Å². The quantitative estimate of drug-likeness (QED) is 0.474. The summed E-state index contributed by atoms with van der Waals surface area (Å²) in [7, 11) is -2.70. The van der Waals surface area contributed by atoms with Crippen LogP contribution in [0.2, 0.25) is 0 Å². The van der Waals surface area contributed by atoms with E-state index in [-0.39, 0.29) is 17.0 Å². The molecule has 1 atom stereocenters. The zero-order valence-electron chi connectivity index (χ0n) is 20.7. The largest absolute Gasteiger partial charge is 0.357 e. The Balaban J connectivity index is 2.03. The van der Waals surface area contributed by atoms with Crippen LogP contribution >= 0.6 is 0 Å². The Morgan fingerprint density at radius 1 is 0.917 bits per heavy atom. The second kappa shape index (κ2) is 11.3. The molecule has 2 amide bonds. The molecule has 0 fully saturated rings. The summed E-state index contributed by atoms with van der Waals surface area (Å²) in [5, 5.41) is 2.49. The molecule has 0 heterocycles. The molecule has 0 saturated carbocycles. The van der Waals surface area contributed by atoms with Gasteiger partial charge in [0.05, 0.1) is 10.6 Å². The molecule has 0 bridgehead atoms. The molecule has 0 aliphatic rings. The van der Waals surface area contributed by atoms with E-state index >= 15 is 0 Å². The highest BCUT2D eigenvalue weighted by atomic mass is 32.2. The Morgan fingerprint density at radius 3 is 2.03 bits per heavy atom. The molecule has 0 aromatic heterocycles. The summed E-state index contributed by atoms with van der Waals surface area (Å²) in [5.41, 5.74) is 2.33. The highest BCUT2D eigenvalue weighted by Crippen LogP contribution is 2.25. The Labute approximate surface area is 211 Å². The molecule has 3 aromatic carbocycles. The molecule has 0 aliphatic carbocycles. The van der Waals surface area contributed by atoms with Crippen LogP contribution in [0.1, 0.15) is 23.6 Å². The van der Waals surface area contributed by atoms with Crippen LogP contribution < -0.4 is 9.62 Å². The zero-order chi connectivity index (χ0) is 26.5. The van der Waals surface area contributed by atoms with E-state index in [1.54, 1.807) is 42.5 Å². The number of anilines is 1. The van der Waals surface area contributed by atoms with Gasteiger partial charge in [-0.15, -0.1) is 0 Å². The first-order valence-electron chi connectivity index (χ1n) is 11.4. The third kappa shape index (κ3) is 6.09. The first-order valence-corrected chi connectivity index (χ1v) is 12.9. The van der Waals surface area contributed by atoms with Crippen molar-refractivity contribution >= 4 is 27.5 Å². The summed E-state index contributed by atoms with van der Waals surface area (Å²) in [5.74, 6) is -1.63. The number of amides is 2. The second-order valence-electron chi connectivity index (χ2n) is 8.56. The fraction of sp³-hybridized carbons (Fsp3) is 0.259. The van der Waals surface area contributed by atoms with Gasteiger partial charge in [-0.3, -0.25) is 13.9 Å². The lowest BCUT2D eigenvalue weighted by atomic mass is 10.1. The zero-order valence-corrected chi connectivity index (χ0v) is 21.5. The number of halogens is 1. The lowest BCUT2D eigenvalue weighted by Crippen LogP contribution is -2.50. The Morgan fingerprint density at radius 2 is 1.47 bits per heavy atom. The molecule has 3 aromatic rings. The van der Waals surface area contributed by atoms with Gasteiger partial charge in [0.1, 0.15) is 18.4 Å². The number of nitrogens with one attached hydrogen (secondary N) is 1. The SMILES string of the molecule is CNC(=O)[C@@H](C)N(Cc1ccccc1F)C(=O)CN(c1ccc(C)cc1)S(=O)(=O)c1ccc(C)cc1. The van der Waals surface area contributed by atoms with Crippen LogP contribution in [0, 0.1) is 19.7 Å². The number of rotatable bonds is 9. The van der Waals surface area contributed by atoms with E-state index < -0.39 is 40.2 Å². The average Bonchev–Trinajstić information content (AvgIpc) is 2.86. The summed E-state index contributed by atoms with van der Waals surface area (Å²) in [4.78, 5) is 27.3. The number of sulfonamides is 1. The van der Waals surface area contributed by atoms with E-state index in [1.807, 2.05) is 13.8 Å². The number of carbonyl (C=O) groups is 2. The minimum Gasteiger partial charge on any atom is -0.357 e. The van der Waals surface area contributed by atoms with Crippen molar-refractivity contribution in [3.05, 3.63) is 95.3 Å². The molecule has 0 aliphatic heterocycles. The Kier molecular flexibility index (Phi) is 8.47. The summed E-state index contributed by atoms with van der Waals surface area (Å²) in [6, 6.07) is 18.1. The summed E-state index contributed by atoms with van der Waals surface area (Å²) in [6.45, 7) is 4.46. The fourth-order valence-electron chi connectivity index (χ4n) is 3.68. The smallest absolute Gasteiger partial charge is 0.264 e. The lowest BCUT2D eigenvalue weighted by molar-refractivity contribution is -0.139. The number of nitrogens with zero attached hydrogens (tertiary/aromatic N) is 2. The van der Waals surface area contributed by atoms with Gasteiger partial charge < -0.3 is 10.2 Å². The third-order valence-corrected chi connectivity index (χ3v) is 7.71. The van der Waals surface area contributed by atoms with Crippen LogP contribution in [0.4, 0.5) is 10.1 Å². The molecule has 190 valence electrons. The molecule has 1 N–H and O–H groups in total. The topological polar surface area (TPSA) is 86.8 Å². The molecule has 3 rings (SSSR count). The molecule has 0 radical (unpaired) electrons. The minimum atomic E-state index is -4.13. The standard InChI is InChI=1S/C27H30FN3O4S/c1-19-9-13-23(14-10-19)31(36(34,35)24-15-11-20(2)12-16-24)18-26(32)30(21(3)27(33)29-4)17-22-7-5-6-8-25(22)28/h5-16,21H,17-18H2,1-4H3,(H,29,33)/t21-/m1/s1. The van der Waals surface area contributed by atoms with Crippen LogP contribution in [0.5, 0.6) is 0 Å². The summed E-state index contributed by atoms with van der Waals surface area (Å²) >= 11 is 0. The average molecular weight is 512 g/mol. The van der Waals surface area contributed by atoms with Gasteiger partial charge in [0.15, 0.2) is 0 Å². The molecule has 36 heavy (non-hydrogen) atoms. The first-order chi connectivity index (χ1) is 17.0. The lowest BCUT2D eigenvalue weighted by Gasteiger charge is -2.31.